The second-order valence-electron chi connectivity index (χ2n) is 3.02. The molecule has 0 aliphatic carbocycles. The molecule has 0 saturated heterocycles. The van der Waals surface area contributed by atoms with Crippen molar-refractivity contribution in [2.45, 2.75) is 0 Å². The van der Waals surface area contributed by atoms with Crippen molar-refractivity contribution in [2.24, 2.45) is 0 Å². The highest BCUT2D eigenvalue weighted by Gasteiger charge is 2.09. The van der Waals surface area contributed by atoms with Crippen LogP contribution in [0.25, 0.3) is 0 Å². The minimum absolute atomic E-state index is 0.387. The summed E-state index contributed by atoms with van der Waals surface area (Å²) < 4.78 is 10.6. The van der Waals surface area contributed by atoms with Crippen LogP contribution in [0, 0.1) is 11.3 Å². The molecule has 17 heavy (non-hydrogen) atoms. The largest absolute Gasteiger partial charge is 0.493 e. The number of hydrogen-bond acceptors (Lipinski definition) is 5. The van der Waals surface area contributed by atoms with Gasteiger partial charge in [-0.3, -0.25) is 0 Å². The minimum atomic E-state index is 0.387. The Kier molecular flexibility index (Phi) is 3.47. The standard InChI is InChI=1S/C11H7ClN2O2S/c1-15-9-4-7(5-13)2-3-8(9)16-11-14-10(12)6-17-11/h2-4,6H,1H3. The SMILES string of the molecule is COc1cc(C#N)ccc1Oc1nc(Cl)cs1. The Balaban J connectivity index is 2.30. The monoisotopic (exact) mass is 266 g/mol. The maximum Gasteiger partial charge on any atom is 0.280 e. The first kappa shape index (κ1) is 11.7. The third kappa shape index (κ3) is 2.67. The number of halogens is 1. The van der Waals surface area contributed by atoms with Crippen LogP contribution >= 0.6 is 22.9 Å². The van der Waals surface area contributed by atoms with E-state index in [0.717, 1.165) is 0 Å². The summed E-state index contributed by atoms with van der Waals surface area (Å²) >= 11 is 6.98. The molecule has 0 radical (unpaired) electrons. The second kappa shape index (κ2) is 5.04. The minimum Gasteiger partial charge on any atom is -0.493 e. The number of hydrogen-bond donors (Lipinski definition) is 0. The van der Waals surface area contributed by atoms with Crippen LogP contribution in [-0.2, 0) is 0 Å². The van der Waals surface area contributed by atoms with Gasteiger partial charge in [0.1, 0.15) is 5.15 Å². The van der Waals surface area contributed by atoms with Crippen LogP contribution in [0.5, 0.6) is 16.7 Å². The number of nitrogens with zero attached hydrogens (tertiary/aromatic N) is 2. The number of benzene rings is 1. The van der Waals surface area contributed by atoms with Crippen LogP contribution in [0.1, 0.15) is 5.56 Å². The molecule has 0 bridgehead atoms. The highest BCUT2D eigenvalue weighted by atomic mass is 35.5. The molecule has 1 aromatic heterocycles. The summed E-state index contributed by atoms with van der Waals surface area (Å²) in [6.07, 6.45) is 0. The molecule has 0 amide bonds. The maximum absolute atomic E-state index is 8.77. The number of ether oxygens (including phenoxy) is 2. The summed E-state index contributed by atoms with van der Waals surface area (Å²) in [6, 6.07) is 6.93. The van der Waals surface area contributed by atoms with E-state index in [1.165, 1.54) is 18.4 Å². The summed E-state index contributed by atoms with van der Waals surface area (Å²) in [6.45, 7) is 0. The number of nitriles is 1. The first-order valence-corrected chi connectivity index (χ1v) is 5.85. The van der Waals surface area contributed by atoms with Gasteiger partial charge < -0.3 is 9.47 Å². The molecule has 1 aromatic carbocycles. The van der Waals surface area contributed by atoms with Crippen LogP contribution in [0.2, 0.25) is 5.15 Å². The average molecular weight is 267 g/mol. The molecule has 1 heterocycles. The van der Waals surface area contributed by atoms with Crippen molar-refractivity contribution in [3.8, 4) is 22.8 Å². The van der Waals surface area contributed by atoms with Crippen molar-refractivity contribution in [1.82, 2.24) is 4.98 Å². The number of aromatic nitrogens is 1. The molecule has 6 heteroatoms. The average Bonchev–Trinajstić information content (AvgIpc) is 2.75. The van der Waals surface area contributed by atoms with Crippen LogP contribution in [0.4, 0.5) is 0 Å². The van der Waals surface area contributed by atoms with Crippen molar-refractivity contribution in [1.29, 1.82) is 5.26 Å². The van der Waals surface area contributed by atoms with Gasteiger partial charge >= 0.3 is 0 Å². The highest BCUT2D eigenvalue weighted by Crippen LogP contribution is 2.34. The van der Waals surface area contributed by atoms with Crippen LogP contribution in [0.3, 0.4) is 0 Å². The van der Waals surface area contributed by atoms with E-state index in [-0.39, 0.29) is 0 Å². The number of thiazole rings is 1. The summed E-state index contributed by atoms with van der Waals surface area (Å²) in [4.78, 5) is 3.97. The van der Waals surface area contributed by atoms with Gasteiger partial charge in [0.2, 0.25) is 0 Å². The summed E-state index contributed by atoms with van der Waals surface area (Å²) in [5.74, 6) is 0.980. The number of methoxy groups -OCH3 is 1. The Morgan fingerprint density at radius 2 is 2.24 bits per heavy atom. The topological polar surface area (TPSA) is 55.1 Å². The Bertz CT molecular complexity index is 577. The lowest BCUT2D eigenvalue weighted by atomic mass is 10.2. The fourth-order valence-electron chi connectivity index (χ4n) is 1.20. The quantitative estimate of drug-likeness (QED) is 0.854. The van der Waals surface area contributed by atoms with Gasteiger partial charge in [0, 0.05) is 11.4 Å². The summed E-state index contributed by atoms with van der Waals surface area (Å²) in [5.41, 5.74) is 0.506. The zero-order valence-corrected chi connectivity index (χ0v) is 10.4. The predicted molar refractivity (Wildman–Crippen MR) is 64.9 cm³/mol. The normalized spacial score (nSPS) is 9.71. The molecule has 2 rings (SSSR count). The van der Waals surface area contributed by atoms with Crippen LogP contribution in [0.15, 0.2) is 23.6 Å². The zero-order valence-electron chi connectivity index (χ0n) is 8.81. The van der Waals surface area contributed by atoms with E-state index in [1.807, 2.05) is 6.07 Å². The van der Waals surface area contributed by atoms with E-state index in [9.17, 15) is 0 Å². The first-order valence-electron chi connectivity index (χ1n) is 4.60. The van der Waals surface area contributed by atoms with Gasteiger partial charge in [-0.1, -0.05) is 22.9 Å². The van der Waals surface area contributed by atoms with Crippen LogP contribution in [-0.4, -0.2) is 12.1 Å². The Labute approximate surface area is 107 Å². The Morgan fingerprint density at radius 3 is 2.82 bits per heavy atom. The van der Waals surface area contributed by atoms with E-state index < -0.39 is 0 Å². The molecule has 0 spiro atoms. The Hall–Kier alpha value is -1.77. The molecule has 0 atom stereocenters. The van der Waals surface area contributed by atoms with Gasteiger partial charge in [-0.05, 0) is 12.1 Å². The van der Waals surface area contributed by atoms with Gasteiger partial charge in [-0.15, -0.1) is 0 Å². The molecule has 0 N–H and O–H groups in total. The summed E-state index contributed by atoms with van der Waals surface area (Å²) in [7, 11) is 1.51. The fourth-order valence-corrected chi connectivity index (χ4v) is 2.00. The van der Waals surface area contributed by atoms with Gasteiger partial charge in [-0.25, -0.2) is 0 Å². The first-order chi connectivity index (χ1) is 8.22. The van der Waals surface area contributed by atoms with Gasteiger partial charge in [-0.2, -0.15) is 10.2 Å². The Morgan fingerprint density at radius 1 is 1.41 bits per heavy atom. The molecule has 0 fully saturated rings. The van der Waals surface area contributed by atoms with Crippen molar-refractivity contribution in [3.05, 3.63) is 34.3 Å². The predicted octanol–water partition coefficient (Wildman–Crippen LogP) is 3.47. The molecule has 0 aliphatic rings. The van der Waals surface area contributed by atoms with E-state index >= 15 is 0 Å². The van der Waals surface area contributed by atoms with Crippen molar-refractivity contribution in [3.63, 3.8) is 0 Å². The third-order valence-electron chi connectivity index (χ3n) is 1.95. The van der Waals surface area contributed by atoms with E-state index in [0.29, 0.717) is 27.4 Å². The van der Waals surface area contributed by atoms with Crippen LogP contribution < -0.4 is 9.47 Å². The zero-order chi connectivity index (χ0) is 12.3. The lowest BCUT2D eigenvalue weighted by Gasteiger charge is -2.07. The van der Waals surface area contributed by atoms with Crippen molar-refractivity contribution >= 4 is 22.9 Å². The third-order valence-corrected chi connectivity index (χ3v) is 2.99. The maximum atomic E-state index is 8.77. The second-order valence-corrected chi connectivity index (χ2v) is 4.22. The lowest BCUT2D eigenvalue weighted by molar-refractivity contribution is 0.378. The summed E-state index contributed by atoms with van der Waals surface area (Å²) in [5, 5.41) is 11.3. The van der Waals surface area contributed by atoms with E-state index in [1.54, 1.807) is 23.6 Å². The molecule has 0 aliphatic heterocycles. The van der Waals surface area contributed by atoms with E-state index in [4.69, 9.17) is 26.3 Å². The molecule has 2 aromatic rings. The molecular weight excluding hydrogens is 260 g/mol. The molecule has 4 nitrogen and oxygen atoms in total. The molecule has 0 saturated carbocycles. The smallest absolute Gasteiger partial charge is 0.280 e. The van der Waals surface area contributed by atoms with Gasteiger partial charge in [0.05, 0.1) is 18.7 Å². The highest BCUT2D eigenvalue weighted by molar-refractivity contribution is 7.11. The molecular formula is C11H7ClN2O2S. The number of rotatable bonds is 3. The molecule has 0 unspecified atom stereocenters. The fraction of sp³-hybridized carbons (Fsp3) is 0.0909. The van der Waals surface area contributed by atoms with Gasteiger partial charge in [0.15, 0.2) is 11.5 Å². The molecule has 86 valence electrons. The van der Waals surface area contributed by atoms with Gasteiger partial charge in [0.25, 0.3) is 5.19 Å². The van der Waals surface area contributed by atoms with Crippen molar-refractivity contribution in [2.75, 3.05) is 7.11 Å². The van der Waals surface area contributed by atoms with Crippen molar-refractivity contribution < 1.29 is 9.47 Å². The lowest BCUT2D eigenvalue weighted by Crippen LogP contribution is -1.90. The van der Waals surface area contributed by atoms with E-state index in [2.05, 4.69) is 4.98 Å².